The number of hydrazine groups is 1. The Labute approximate surface area is 104 Å². The molecule has 17 heavy (non-hydrogen) atoms. The monoisotopic (exact) mass is 256 g/mol. The van der Waals surface area contributed by atoms with Crippen LogP contribution in [0.4, 0.5) is 0 Å². The van der Waals surface area contributed by atoms with Crippen molar-refractivity contribution < 1.29 is 14.6 Å². The Morgan fingerprint density at radius 1 is 1.41 bits per heavy atom. The number of hydrogen-bond acceptors (Lipinski definition) is 4. The van der Waals surface area contributed by atoms with Crippen LogP contribution < -0.4 is 5.43 Å². The SMILES string of the molecule is O=C(NN1CCOCC1)c1ccc(O)c(Cl)c1. The Kier molecular flexibility index (Phi) is 3.83. The normalized spacial score (nSPS) is 16.8. The maximum Gasteiger partial charge on any atom is 0.265 e. The number of rotatable bonds is 2. The predicted octanol–water partition coefficient (Wildman–Crippen LogP) is 1.02. The summed E-state index contributed by atoms with van der Waals surface area (Å²) in [5.41, 5.74) is 3.17. The molecule has 1 heterocycles. The standard InChI is InChI=1S/C11H13ClN2O3/c12-9-7-8(1-2-10(9)15)11(16)13-14-3-5-17-6-4-14/h1-2,7,15H,3-6H2,(H,13,16). The number of hydrogen-bond donors (Lipinski definition) is 2. The quantitative estimate of drug-likeness (QED) is 0.830. The third-order valence-electron chi connectivity index (χ3n) is 2.48. The van der Waals surface area contributed by atoms with Crippen LogP contribution >= 0.6 is 11.6 Å². The highest BCUT2D eigenvalue weighted by atomic mass is 35.5. The number of halogens is 1. The Hall–Kier alpha value is -1.30. The van der Waals surface area contributed by atoms with Gasteiger partial charge in [0.05, 0.1) is 18.2 Å². The van der Waals surface area contributed by atoms with Gasteiger partial charge in [0.25, 0.3) is 5.91 Å². The Balaban J connectivity index is 2.01. The molecule has 1 aromatic rings. The smallest absolute Gasteiger partial charge is 0.265 e. The molecule has 5 nitrogen and oxygen atoms in total. The van der Waals surface area contributed by atoms with Gasteiger partial charge in [0.15, 0.2) is 0 Å². The van der Waals surface area contributed by atoms with Crippen molar-refractivity contribution in [1.82, 2.24) is 10.4 Å². The van der Waals surface area contributed by atoms with Crippen LogP contribution in [0.1, 0.15) is 10.4 Å². The van der Waals surface area contributed by atoms with E-state index in [-0.39, 0.29) is 16.7 Å². The fourth-order valence-corrected chi connectivity index (χ4v) is 1.71. The third kappa shape index (κ3) is 3.09. The third-order valence-corrected chi connectivity index (χ3v) is 2.78. The molecule has 0 bridgehead atoms. The summed E-state index contributed by atoms with van der Waals surface area (Å²) >= 11 is 5.74. The molecule has 0 unspecified atom stereocenters. The second kappa shape index (κ2) is 5.35. The lowest BCUT2D eigenvalue weighted by molar-refractivity contribution is 0.0126. The van der Waals surface area contributed by atoms with Gasteiger partial charge in [0.2, 0.25) is 0 Å². The average molecular weight is 257 g/mol. The molecule has 1 saturated heterocycles. The van der Waals surface area contributed by atoms with Crippen molar-refractivity contribution in [2.24, 2.45) is 0 Å². The van der Waals surface area contributed by atoms with Gasteiger partial charge < -0.3 is 9.84 Å². The fraction of sp³-hybridized carbons (Fsp3) is 0.364. The maximum absolute atomic E-state index is 11.8. The number of carbonyl (C=O) groups is 1. The van der Waals surface area contributed by atoms with Crippen LogP contribution in [0.2, 0.25) is 5.02 Å². The summed E-state index contributed by atoms with van der Waals surface area (Å²) in [6.07, 6.45) is 0. The van der Waals surface area contributed by atoms with Crippen LogP contribution in [-0.4, -0.2) is 42.3 Å². The lowest BCUT2D eigenvalue weighted by Crippen LogP contribution is -2.48. The van der Waals surface area contributed by atoms with Gasteiger partial charge in [-0.2, -0.15) is 0 Å². The van der Waals surface area contributed by atoms with Crippen LogP contribution in [0, 0.1) is 0 Å². The van der Waals surface area contributed by atoms with Crippen molar-refractivity contribution in [3.63, 3.8) is 0 Å². The number of ether oxygens (including phenoxy) is 1. The number of carbonyl (C=O) groups excluding carboxylic acids is 1. The second-order valence-electron chi connectivity index (χ2n) is 3.71. The molecule has 92 valence electrons. The zero-order valence-electron chi connectivity index (χ0n) is 9.15. The molecule has 0 aromatic heterocycles. The second-order valence-corrected chi connectivity index (χ2v) is 4.11. The van der Waals surface area contributed by atoms with E-state index in [0.29, 0.717) is 31.9 Å². The molecule has 1 aliphatic heterocycles. The fourth-order valence-electron chi connectivity index (χ4n) is 1.53. The highest BCUT2D eigenvalue weighted by Crippen LogP contribution is 2.23. The number of amides is 1. The van der Waals surface area contributed by atoms with Gasteiger partial charge >= 0.3 is 0 Å². The minimum Gasteiger partial charge on any atom is -0.506 e. The van der Waals surface area contributed by atoms with Gasteiger partial charge in [-0.3, -0.25) is 10.2 Å². The summed E-state index contributed by atoms with van der Waals surface area (Å²) in [6, 6.07) is 4.36. The minimum atomic E-state index is -0.242. The highest BCUT2D eigenvalue weighted by molar-refractivity contribution is 6.32. The van der Waals surface area contributed by atoms with Crippen LogP contribution in [0.5, 0.6) is 5.75 Å². The lowest BCUT2D eigenvalue weighted by Gasteiger charge is -2.26. The maximum atomic E-state index is 11.8. The molecule has 1 aliphatic rings. The number of phenolic OH excluding ortho intramolecular Hbond substituents is 1. The number of morpholine rings is 1. The molecule has 0 atom stereocenters. The molecular weight excluding hydrogens is 244 g/mol. The molecule has 1 aromatic carbocycles. The summed E-state index contributed by atoms with van der Waals surface area (Å²) in [5.74, 6) is -0.275. The van der Waals surface area contributed by atoms with Gasteiger partial charge in [0.1, 0.15) is 5.75 Å². The first kappa shape index (κ1) is 12.2. The van der Waals surface area contributed by atoms with E-state index in [9.17, 15) is 9.90 Å². The van der Waals surface area contributed by atoms with Crippen molar-refractivity contribution in [1.29, 1.82) is 0 Å². The molecule has 2 N–H and O–H groups in total. The van der Waals surface area contributed by atoms with E-state index in [1.54, 1.807) is 5.01 Å². The molecule has 0 aliphatic carbocycles. The first-order chi connectivity index (χ1) is 8.16. The van der Waals surface area contributed by atoms with E-state index in [1.165, 1.54) is 18.2 Å². The van der Waals surface area contributed by atoms with Crippen molar-refractivity contribution in [2.45, 2.75) is 0 Å². The van der Waals surface area contributed by atoms with Crippen molar-refractivity contribution in [3.05, 3.63) is 28.8 Å². The van der Waals surface area contributed by atoms with Gasteiger partial charge in [-0.25, -0.2) is 5.01 Å². The van der Waals surface area contributed by atoms with Crippen LogP contribution in [0.15, 0.2) is 18.2 Å². The van der Waals surface area contributed by atoms with Crippen LogP contribution in [0.25, 0.3) is 0 Å². The summed E-state index contributed by atoms with van der Waals surface area (Å²) in [6.45, 7) is 2.54. The van der Waals surface area contributed by atoms with Crippen molar-refractivity contribution in [3.8, 4) is 5.75 Å². The predicted molar refractivity (Wildman–Crippen MR) is 63.0 cm³/mol. The molecule has 6 heteroatoms. The first-order valence-corrected chi connectivity index (χ1v) is 5.67. The van der Waals surface area contributed by atoms with Crippen molar-refractivity contribution >= 4 is 17.5 Å². The largest absolute Gasteiger partial charge is 0.506 e. The first-order valence-electron chi connectivity index (χ1n) is 5.29. The Morgan fingerprint density at radius 3 is 2.76 bits per heavy atom. The summed E-state index contributed by atoms with van der Waals surface area (Å²) in [7, 11) is 0. The molecule has 0 saturated carbocycles. The van der Waals surface area contributed by atoms with Crippen LogP contribution in [0.3, 0.4) is 0 Å². The Bertz CT molecular complexity index is 419. The molecule has 1 amide bonds. The summed E-state index contributed by atoms with van der Waals surface area (Å²) in [4.78, 5) is 11.8. The number of nitrogens with zero attached hydrogens (tertiary/aromatic N) is 1. The van der Waals surface area contributed by atoms with Gasteiger partial charge in [0, 0.05) is 18.7 Å². The topological polar surface area (TPSA) is 61.8 Å². The molecule has 2 rings (SSSR count). The molecule has 0 spiro atoms. The minimum absolute atomic E-state index is 0.0328. The molecule has 1 fully saturated rings. The summed E-state index contributed by atoms with van der Waals surface area (Å²) < 4.78 is 5.17. The summed E-state index contributed by atoms with van der Waals surface area (Å²) in [5, 5.41) is 11.2. The van der Waals surface area contributed by atoms with Crippen LogP contribution in [-0.2, 0) is 4.74 Å². The number of nitrogens with one attached hydrogen (secondary N) is 1. The Morgan fingerprint density at radius 2 is 2.12 bits per heavy atom. The van der Waals surface area contributed by atoms with E-state index in [0.717, 1.165) is 0 Å². The van der Waals surface area contributed by atoms with E-state index in [2.05, 4.69) is 5.43 Å². The van der Waals surface area contributed by atoms with E-state index in [1.807, 2.05) is 0 Å². The number of aromatic hydroxyl groups is 1. The lowest BCUT2D eigenvalue weighted by atomic mass is 10.2. The zero-order chi connectivity index (χ0) is 12.3. The van der Waals surface area contributed by atoms with E-state index >= 15 is 0 Å². The molecule has 0 radical (unpaired) electrons. The highest BCUT2D eigenvalue weighted by Gasteiger charge is 2.14. The van der Waals surface area contributed by atoms with Gasteiger partial charge in [-0.15, -0.1) is 0 Å². The van der Waals surface area contributed by atoms with Gasteiger partial charge in [-0.05, 0) is 18.2 Å². The number of benzene rings is 1. The molecular formula is C11H13ClN2O3. The van der Waals surface area contributed by atoms with Crippen molar-refractivity contribution in [2.75, 3.05) is 26.3 Å². The van der Waals surface area contributed by atoms with Gasteiger partial charge in [-0.1, -0.05) is 11.6 Å². The zero-order valence-corrected chi connectivity index (χ0v) is 9.91. The van der Waals surface area contributed by atoms with E-state index < -0.39 is 0 Å². The number of phenols is 1. The van der Waals surface area contributed by atoms with E-state index in [4.69, 9.17) is 16.3 Å². The average Bonchev–Trinajstić information content (AvgIpc) is 2.34.